The van der Waals surface area contributed by atoms with Crippen LogP contribution in [0.25, 0.3) is 0 Å². The Kier molecular flexibility index (Phi) is 3.86. The van der Waals surface area contributed by atoms with Crippen molar-refractivity contribution in [3.63, 3.8) is 0 Å². The van der Waals surface area contributed by atoms with E-state index in [-0.39, 0.29) is 0 Å². The van der Waals surface area contributed by atoms with Crippen molar-refractivity contribution in [1.29, 1.82) is 0 Å². The van der Waals surface area contributed by atoms with Gasteiger partial charge < -0.3 is 0 Å². The van der Waals surface area contributed by atoms with E-state index in [1.54, 1.807) is 0 Å². The smallest absolute Gasteiger partial charge is 0.0160 e. The van der Waals surface area contributed by atoms with Gasteiger partial charge in [0.2, 0.25) is 0 Å². The Balaban J connectivity index is 2.81. The molecule has 0 radical (unpaired) electrons. The summed E-state index contributed by atoms with van der Waals surface area (Å²) in [4.78, 5) is 0. The maximum absolute atomic E-state index is 2.47. The molecule has 3 unspecified atom stereocenters. The number of thioether (sulfide) groups is 1. The van der Waals surface area contributed by atoms with Gasteiger partial charge in [0, 0.05) is 10.00 Å². The SMILES string of the molecule is CC1CC(C(C)(C)C)CC(C)(C(C)C)S1. The first-order valence-corrected chi connectivity index (χ1v) is 7.21. The van der Waals surface area contributed by atoms with Gasteiger partial charge in [-0.3, -0.25) is 0 Å². The molecule has 0 bridgehead atoms. The molecular weight excluding hydrogens is 200 g/mol. The fourth-order valence-corrected chi connectivity index (χ4v) is 4.38. The largest absolute Gasteiger partial charge is 0.152 e. The first-order valence-electron chi connectivity index (χ1n) is 6.33. The van der Waals surface area contributed by atoms with Crippen molar-refractivity contribution in [1.82, 2.24) is 0 Å². The van der Waals surface area contributed by atoms with Crippen LogP contribution in [0.3, 0.4) is 0 Å². The normalized spacial score (nSPS) is 38.4. The highest BCUT2D eigenvalue weighted by atomic mass is 32.2. The lowest BCUT2D eigenvalue weighted by atomic mass is 9.71. The molecule has 0 aromatic rings. The summed E-state index contributed by atoms with van der Waals surface area (Å²) < 4.78 is 0.496. The molecule has 0 aliphatic carbocycles. The molecule has 0 N–H and O–H groups in total. The van der Waals surface area contributed by atoms with Gasteiger partial charge in [-0.2, -0.15) is 11.8 Å². The van der Waals surface area contributed by atoms with Gasteiger partial charge in [-0.1, -0.05) is 48.5 Å². The maximum Gasteiger partial charge on any atom is 0.0160 e. The van der Waals surface area contributed by atoms with Gasteiger partial charge in [-0.15, -0.1) is 0 Å². The van der Waals surface area contributed by atoms with Gasteiger partial charge in [-0.05, 0) is 30.1 Å². The molecule has 1 saturated heterocycles. The Bertz CT molecular complexity index is 214. The number of hydrogen-bond donors (Lipinski definition) is 0. The summed E-state index contributed by atoms with van der Waals surface area (Å²) in [6.07, 6.45) is 2.79. The molecule has 0 amide bonds. The highest BCUT2D eigenvalue weighted by molar-refractivity contribution is 8.01. The highest BCUT2D eigenvalue weighted by Gasteiger charge is 2.42. The summed E-state index contributed by atoms with van der Waals surface area (Å²) in [7, 11) is 0. The van der Waals surface area contributed by atoms with Crippen LogP contribution in [-0.2, 0) is 0 Å². The first kappa shape index (κ1) is 13.4. The molecule has 90 valence electrons. The average molecular weight is 228 g/mol. The summed E-state index contributed by atoms with van der Waals surface area (Å²) >= 11 is 2.22. The molecule has 3 atom stereocenters. The summed E-state index contributed by atoms with van der Waals surface area (Å²) in [5.41, 5.74) is 0.478. The summed E-state index contributed by atoms with van der Waals surface area (Å²) in [6.45, 7) is 16.8. The fraction of sp³-hybridized carbons (Fsp3) is 1.00. The second-order valence-electron chi connectivity index (χ2n) is 6.90. The zero-order valence-electron chi connectivity index (χ0n) is 11.6. The Labute approximate surface area is 101 Å². The van der Waals surface area contributed by atoms with Crippen LogP contribution < -0.4 is 0 Å². The predicted molar refractivity (Wildman–Crippen MR) is 72.5 cm³/mol. The molecule has 1 aliphatic heterocycles. The Morgan fingerprint density at radius 1 is 1.27 bits per heavy atom. The molecule has 1 rings (SSSR count). The summed E-state index contributed by atoms with van der Waals surface area (Å²) in [6, 6.07) is 0. The van der Waals surface area contributed by atoms with E-state index in [1.807, 2.05) is 0 Å². The van der Waals surface area contributed by atoms with E-state index < -0.39 is 0 Å². The van der Waals surface area contributed by atoms with Gasteiger partial charge >= 0.3 is 0 Å². The molecule has 1 fully saturated rings. The van der Waals surface area contributed by atoms with Crippen LogP contribution in [0.4, 0.5) is 0 Å². The van der Waals surface area contributed by atoms with Crippen molar-refractivity contribution in [2.45, 2.75) is 71.3 Å². The third-order valence-corrected chi connectivity index (χ3v) is 5.96. The molecule has 0 aromatic heterocycles. The van der Waals surface area contributed by atoms with Crippen LogP contribution >= 0.6 is 11.8 Å². The van der Waals surface area contributed by atoms with Crippen molar-refractivity contribution >= 4 is 11.8 Å². The highest BCUT2D eigenvalue weighted by Crippen LogP contribution is 2.51. The molecule has 1 heteroatoms. The lowest BCUT2D eigenvalue weighted by molar-refractivity contribution is 0.174. The molecule has 1 heterocycles. The Hall–Kier alpha value is 0.350. The topological polar surface area (TPSA) is 0 Å². The lowest BCUT2D eigenvalue weighted by Gasteiger charge is -2.47. The van der Waals surface area contributed by atoms with Gasteiger partial charge in [0.05, 0.1) is 0 Å². The average Bonchev–Trinajstić information content (AvgIpc) is 2.00. The molecular formula is C14H28S. The minimum atomic E-state index is 0.478. The van der Waals surface area contributed by atoms with E-state index in [2.05, 4.69) is 60.2 Å². The fourth-order valence-electron chi connectivity index (χ4n) is 2.56. The van der Waals surface area contributed by atoms with E-state index in [1.165, 1.54) is 12.8 Å². The Morgan fingerprint density at radius 3 is 2.20 bits per heavy atom. The van der Waals surface area contributed by atoms with E-state index in [9.17, 15) is 0 Å². The second kappa shape index (κ2) is 4.31. The van der Waals surface area contributed by atoms with E-state index in [0.29, 0.717) is 10.2 Å². The maximum atomic E-state index is 2.47. The van der Waals surface area contributed by atoms with E-state index in [4.69, 9.17) is 0 Å². The standard InChI is InChI=1S/C14H28S/c1-10(2)14(7)9-12(13(4,5)6)8-11(3)15-14/h10-12H,8-9H2,1-7H3. The minimum absolute atomic E-state index is 0.478. The van der Waals surface area contributed by atoms with Crippen molar-refractivity contribution in [2.24, 2.45) is 17.3 Å². The quantitative estimate of drug-likeness (QED) is 0.610. The van der Waals surface area contributed by atoms with Crippen LogP contribution in [0, 0.1) is 17.3 Å². The van der Waals surface area contributed by atoms with Crippen LogP contribution in [0.15, 0.2) is 0 Å². The third-order valence-electron chi connectivity index (χ3n) is 4.18. The van der Waals surface area contributed by atoms with Crippen molar-refractivity contribution in [2.75, 3.05) is 0 Å². The minimum Gasteiger partial charge on any atom is -0.152 e. The second-order valence-corrected chi connectivity index (χ2v) is 8.87. The molecule has 0 spiro atoms. The van der Waals surface area contributed by atoms with Crippen molar-refractivity contribution < 1.29 is 0 Å². The van der Waals surface area contributed by atoms with Crippen molar-refractivity contribution in [3.05, 3.63) is 0 Å². The third kappa shape index (κ3) is 3.15. The summed E-state index contributed by atoms with van der Waals surface area (Å²) in [5.74, 6) is 1.68. The Morgan fingerprint density at radius 2 is 1.80 bits per heavy atom. The molecule has 0 aromatic carbocycles. The van der Waals surface area contributed by atoms with Gasteiger partial charge in [0.1, 0.15) is 0 Å². The molecule has 15 heavy (non-hydrogen) atoms. The van der Waals surface area contributed by atoms with Crippen LogP contribution in [0.1, 0.15) is 61.3 Å². The van der Waals surface area contributed by atoms with Crippen LogP contribution in [-0.4, -0.2) is 10.00 Å². The van der Waals surface area contributed by atoms with Gasteiger partial charge in [0.25, 0.3) is 0 Å². The zero-order valence-corrected chi connectivity index (χ0v) is 12.4. The molecule has 0 nitrogen and oxygen atoms in total. The van der Waals surface area contributed by atoms with Gasteiger partial charge in [-0.25, -0.2) is 0 Å². The monoisotopic (exact) mass is 228 g/mol. The lowest BCUT2D eigenvalue weighted by Crippen LogP contribution is -2.41. The molecule has 1 aliphatic rings. The number of rotatable bonds is 1. The van der Waals surface area contributed by atoms with Crippen LogP contribution in [0.5, 0.6) is 0 Å². The first-order chi connectivity index (χ1) is 6.65. The zero-order chi connectivity index (χ0) is 11.9. The van der Waals surface area contributed by atoms with E-state index in [0.717, 1.165) is 17.1 Å². The number of hydrogen-bond acceptors (Lipinski definition) is 1. The molecule has 0 saturated carbocycles. The summed E-state index contributed by atoms with van der Waals surface area (Å²) in [5, 5.41) is 0.829. The van der Waals surface area contributed by atoms with E-state index >= 15 is 0 Å². The van der Waals surface area contributed by atoms with Crippen molar-refractivity contribution in [3.8, 4) is 0 Å². The van der Waals surface area contributed by atoms with Crippen LogP contribution in [0.2, 0.25) is 0 Å². The predicted octanol–water partition coefficient (Wildman–Crippen LogP) is 4.98. The van der Waals surface area contributed by atoms with Gasteiger partial charge in [0.15, 0.2) is 0 Å².